The number of amides is 1. The van der Waals surface area contributed by atoms with E-state index in [0.717, 1.165) is 16.8 Å². The van der Waals surface area contributed by atoms with Gasteiger partial charge in [0.15, 0.2) is 0 Å². The topological polar surface area (TPSA) is 38.3 Å². The number of hydrogen-bond acceptors (Lipinski definition) is 2. The van der Waals surface area contributed by atoms with Gasteiger partial charge >= 0.3 is 6.09 Å². The van der Waals surface area contributed by atoms with Crippen molar-refractivity contribution in [2.45, 2.75) is 13.0 Å². The summed E-state index contributed by atoms with van der Waals surface area (Å²) in [4.78, 5) is 11.1. The average Bonchev–Trinajstić information content (AvgIpc) is 2.17. The molecule has 1 aromatic rings. The van der Waals surface area contributed by atoms with E-state index in [4.69, 9.17) is 4.74 Å². The van der Waals surface area contributed by atoms with E-state index in [0.29, 0.717) is 0 Å². The lowest BCUT2D eigenvalue weighted by Crippen LogP contribution is -2.23. The number of ether oxygens (including phenoxy) is 1. The minimum absolute atomic E-state index is 0.335. The van der Waals surface area contributed by atoms with Crippen molar-refractivity contribution < 1.29 is 9.53 Å². The van der Waals surface area contributed by atoms with Crippen LogP contribution in [0.5, 0.6) is 0 Å². The van der Waals surface area contributed by atoms with Gasteiger partial charge in [0.05, 0.1) is 5.69 Å². The maximum atomic E-state index is 11.1. The van der Waals surface area contributed by atoms with Gasteiger partial charge in [0, 0.05) is 5.56 Å². The van der Waals surface area contributed by atoms with Crippen LogP contribution in [0.25, 0.3) is 0 Å². The lowest BCUT2D eigenvalue weighted by molar-refractivity contribution is 0.130. The summed E-state index contributed by atoms with van der Waals surface area (Å²) in [5.74, 6) is 0. The summed E-state index contributed by atoms with van der Waals surface area (Å²) in [7, 11) is 0. The Labute approximate surface area is 82.4 Å². The highest BCUT2D eigenvalue weighted by molar-refractivity contribution is 5.88. The molecule has 1 aromatic carbocycles. The fourth-order valence-electron chi connectivity index (χ4n) is 1.52. The quantitative estimate of drug-likeness (QED) is 0.690. The van der Waals surface area contributed by atoms with Gasteiger partial charge in [-0.15, -0.1) is 0 Å². The van der Waals surface area contributed by atoms with Gasteiger partial charge in [-0.3, -0.25) is 5.32 Å². The number of carbonyl (C=O) groups is 1. The Hall–Kier alpha value is -1.77. The van der Waals surface area contributed by atoms with E-state index < -0.39 is 6.09 Å². The Morgan fingerprint density at radius 2 is 2.36 bits per heavy atom. The van der Waals surface area contributed by atoms with Gasteiger partial charge in [0.1, 0.15) is 6.10 Å². The van der Waals surface area contributed by atoms with Crippen LogP contribution in [-0.4, -0.2) is 6.09 Å². The molecule has 0 radical (unpaired) electrons. The van der Waals surface area contributed by atoms with Crippen LogP contribution in [0.3, 0.4) is 0 Å². The summed E-state index contributed by atoms with van der Waals surface area (Å²) < 4.78 is 5.05. The van der Waals surface area contributed by atoms with Crippen molar-refractivity contribution in [1.82, 2.24) is 0 Å². The Bertz CT molecular complexity index is 398. The number of hydrogen-bond donors (Lipinski definition) is 1. The Morgan fingerprint density at radius 3 is 3.07 bits per heavy atom. The van der Waals surface area contributed by atoms with Gasteiger partial charge < -0.3 is 4.74 Å². The highest BCUT2D eigenvalue weighted by Gasteiger charge is 2.23. The van der Waals surface area contributed by atoms with Crippen LogP contribution >= 0.6 is 0 Å². The fraction of sp³-hybridized carbons (Fsp3) is 0.182. The predicted octanol–water partition coefficient (Wildman–Crippen LogP) is 2.78. The van der Waals surface area contributed by atoms with Gasteiger partial charge in [-0.25, -0.2) is 4.79 Å². The molecule has 1 aliphatic heterocycles. The van der Waals surface area contributed by atoms with Crippen molar-refractivity contribution in [3.63, 3.8) is 0 Å². The van der Waals surface area contributed by atoms with Crippen molar-refractivity contribution in [2.24, 2.45) is 0 Å². The molecule has 1 N–H and O–H groups in total. The predicted molar refractivity (Wildman–Crippen MR) is 54.2 cm³/mol. The largest absolute Gasteiger partial charge is 0.437 e. The first-order valence-electron chi connectivity index (χ1n) is 4.41. The summed E-state index contributed by atoms with van der Waals surface area (Å²) in [5, 5.41) is 2.64. The second-order valence-corrected chi connectivity index (χ2v) is 3.28. The highest BCUT2D eigenvalue weighted by Crippen LogP contribution is 2.31. The third-order valence-corrected chi connectivity index (χ3v) is 2.20. The Balaban J connectivity index is 2.51. The van der Waals surface area contributed by atoms with Crippen LogP contribution in [0.15, 0.2) is 30.9 Å². The molecule has 1 atom stereocenters. The molecule has 0 saturated heterocycles. The molecule has 1 aliphatic rings. The van der Waals surface area contributed by atoms with Crippen LogP contribution < -0.4 is 5.32 Å². The van der Waals surface area contributed by atoms with Crippen LogP contribution in [0, 0.1) is 6.92 Å². The number of carbonyl (C=O) groups excluding carboxylic acids is 1. The fourth-order valence-corrected chi connectivity index (χ4v) is 1.52. The summed E-state index contributed by atoms with van der Waals surface area (Å²) in [6.07, 6.45) is 0.863. The van der Waals surface area contributed by atoms with Crippen molar-refractivity contribution in [3.8, 4) is 0 Å². The van der Waals surface area contributed by atoms with Gasteiger partial charge in [-0.1, -0.05) is 18.2 Å². The van der Waals surface area contributed by atoms with E-state index >= 15 is 0 Å². The van der Waals surface area contributed by atoms with Crippen LogP contribution in [0.2, 0.25) is 0 Å². The molecule has 0 spiro atoms. The monoisotopic (exact) mass is 189 g/mol. The first-order valence-corrected chi connectivity index (χ1v) is 4.41. The standard InChI is InChI=1S/C11H11NO2/c1-3-10-8-6-7(2)4-5-9(8)12-11(13)14-10/h3-6,10H,1H2,2H3,(H,12,13). The van der Waals surface area contributed by atoms with Gasteiger partial charge in [0.2, 0.25) is 0 Å². The van der Waals surface area contributed by atoms with Crippen molar-refractivity contribution in [2.75, 3.05) is 5.32 Å². The minimum Gasteiger partial charge on any atom is -0.437 e. The number of rotatable bonds is 1. The SMILES string of the molecule is C=CC1OC(=O)Nc2ccc(C)cc21. The molecule has 1 heterocycles. The van der Waals surface area contributed by atoms with Gasteiger partial charge in [0.25, 0.3) is 0 Å². The van der Waals surface area contributed by atoms with Gasteiger partial charge in [-0.05, 0) is 25.1 Å². The van der Waals surface area contributed by atoms with E-state index in [9.17, 15) is 4.79 Å². The number of fused-ring (bicyclic) bond motifs is 1. The molecule has 0 aliphatic carbocycles. The summed E-state index contributed by atoms with van der Waals surface area (Å²) >= 11 is 0. The molecule has 0 saturated carbocycles. The minimum atomic E-state index is -0.425. The van der Waals surface area contributed by atoms with E-state index in [1.807, 2.05) is 25.1 Å². The van der Waals surface area contributed by atoms with E-state index in [-0.39, 0.29) is 6.10 Å². The first kappa shape index (κ1) is 8.81. The third kappa shape index (κ3) is 1.37. The second-order valence-electron chi connectivity index (χ2n) is 3.28. The maximum absolute atomic E-state index is 11.1. The molecule has 2 rings (SSSR count). The first-order chi connectivity index (χ1) is 6.70. The number of cyclic esters (lactones) is 1. The molecule has 0 bridgehead atoms. The zero-order valence-electron chi connectivity index (χ0n) is 7.91. The third-order valence-electron chi connectivity index (χ3n) is 2.20. The molecular weight excluding hydrogens is 178 g/mol. The Kier molecular flexibility index (Phi) is 2.00. The normalized spacial score (nSPS) is 19.2. The van der Waals surface area contributed by atoms with E-state index in [2.05, 4.69) is 11.9 Å². The summed E-state index contributed by atoms with van der Waals surface area (Å²) in [6.45, 7) is 5.64. The molecule has 72 valence electrons. The molecule has 1 amide bonds. The van der Waals surface area contributed by atoms with Crippen LogP contribution in [-0.2, 0) is 4.74 Å². The summed E-state index contributed by atoms with van der Waals surface area (Å²) in [6, 6.07) is 5.81. The molecule has 3 nitrogen and oxygen atoms in total. The molecule has 14 heavy (non-hydrogen) atoms. The smallest absolute Gasteiger partial charge is 0.412 e. The molecule has 0 fully saturated rings. The average molecular weight is 189 g/mol. The maximum Gasteiger partial charge on any atom is 0.412 e. The number of anilines is 1. The molecule has 1 unspecified atom stereocenters. The Morgan fingerprint density at radius 1 is 1.57 bits per heavy atom. The van der Waals surface area contributed by atoms with Crippen molar-refractivity contribution >= 4 is 11.8 Å². The zero-order chi connectivity index (χ0) is 10.1. The van der Waals surface area contributed by atoms with E-state index in [1.54, 1.807) is 6.08 Å². The van der Waals surface area contributed by atoms with Crippen molar-refractivity contribution in [1.29, 1.82) is 0 Å². The number of benzene rings is 1. The zero-order valence-corrected chi connectivity index (χ0v) is 7.91. The van der Waals surface area contributed by atoms with Gasteiger partial charge in [-0.2, -0.15) is 0 Å². The van der Waals surface area contributed by atoms with Crippen LogP contribution in [0.4, 0.5) is 10.5 Å². The molecule has 0 aromatic heterocycles. The van der Waals surface area contributed by atoms with E-state index in [1.165, 1.54) is 0 Å². The second kappa shape index (κ2) is 3.18. The lowest BCUT2D eigenvalue weighted by Gasteiger charge is -2.24. The molecule has 3 heteroatoms. The van der Waals surface area contributed by atoms with Crippen LogP contribution in [0.1, 0.15) is 17.2 Å². The summed E-state index contributed by atoms with van der Waals surface area (Å²) in [5.41, 5.74) is 2.90. The number of aryl methyl sites for hydroxylation is 1. The van der Waals surface area contributed by atoms with Crippen molar-refractivity contribution in [3.05, 3.63) is 42.0 Å². The molecular formula is C11H11NO2. The number of nitrogens with one attached hydrogen (secondary N) is 1. The lowest BCUT2D eigenvalue weighted by atomic mass is 10.0. The highest BCUT2D eigenvalue weighted by atomic mass is 16.6.